The van der Waals surface area contributed by atoms with E-state index >= 15 is 0 Å². The van der Waals surface area contributed by atoms with E-state index in [-0.39, 0.29) is 17.9 Å². The first kappa shape index (κ1) is 22.5. The summed E-state index contributed by atoms with van der Waals surface area (Å²) in [6.45, 7) is 3.67. The first-order valence-corrected chi connectivity index (χ1v) is 9.86. The van der Waals surface area contributed by atoms with Crippen LogP contribution >= 0.6 is 0 Å². The molecule has 1 heterocycles. The van der Waals surface area contributed by atoms with Crippen molar-refractivity contribution in [3.8, 4) is 0 Å². The number of primary amides is 1. The zero-order chi connectivity index (χ0) is 22.6. The first-order valence-electron chi connectivity index (χ1n) is 9.86. The molecule has 166 valence electrons. The number of para-hydroxylation sites is 1. The molecule has 2 N–H and O–H groups in total. The average Bonchev–Trinajstić information content (AvgIpc) is 2.72. The minimum atomic E-state index is -4.56. The van der Waals surface area contributed by atoms with Crippen LogP contribution in [0.25, 0.3) is 0 Å². The largest absolute Gasteiger partial charge is 0.441 e. The van der Waals surface area contributed by atoms with Crippen molar-refractivity contribution in [2.45, 2.75) is 25.6 Å². The molecule has 1 saturated heterocycles. The van der Waals surface area contributed by atoms with Gasteiger partial charge < -0.3 is 20.3 Å². The number of hydrogen-bond donors (Lipinski definition) is 1. The molecule has 0 radical (unpaired) electrons. The van der Waals surface area contributed by atoms with Gasteiger partial charge in [0.2, 0.25) is 5.91 Å². The van der Waals surface area contributed by atoms with E-state index in [0.29, 0.717) is 31.7 Å². The molecule has 0 aromatic heterocycles. The Morgan fingerprint density at radius 2 is 1.71 bits per heavy atom. The molecule has 2 aromatic rings. The minimum absolute atomic E-state index is 0.0856. The highest BCUT2D eigenvalue weighted by Gasteiger charge is 2.33. The van der Waals surface area contributed by atoms with Gasteiger partial charge in [0, 0.05) is 31.9 Å². The molecule has 31 heavy (non-hydrogen) atoms. The van der Waals surface area contributed by atoms with Crippen LogP contribution in [0, 0.1) is 6.92 Å². The Hall–Kier alpha value is -3.23. The summed E-state index contributed by atoms with van der Waals surface area (Å²) in [5.74, 6) is -0.311. The highest BCUT2D eigenvalue weighted by molar-refractivity contribution is 5.78. The molecule has 3 rings (SSSR count). The predicted octanol–water partition coefficient (Wildman–Crippen LogP) is 3.89. The van der Waals surface area contributed by atoms with Crippen LogP contribution in [0.2, 0.25) is 0 Å². The number of benzene rings is 2. The number of piperazine rings is 1. The van der Waals surface area contributed by atoms with Crippen LogP contribution in [-0.2, 0) is 15.7 Å². The van der Waals surface area contributed by atoms with Gasteiger partial charge in [-0.3, -0.25) is 4.79 Å². The number of halogens is 3. The van der Waals surface area contributed by atoms with Gasteiger partial charge in [-0.1, -0.05) is 29.8 Å². The number of ether oxygens (including phenoxy) is 1. The van der Waals surface area contributed by atoms with Crippen molar-refractivity contribution in [2.24, 2.45) is 5.73 Å². The molecule has 1 fully saturated rings. The predicted molar refractivity (Wildman–Crippen MR) is 109 cm³/mol. The molecule has 1 unspecified atom stereocenters. The number of carbonyl (C=O) groups is 2. The van der Waals surface area contributed by atoms with Gasteiger partial charge in [0.15, 0.2) is 0 Å². The molecule has 1 atom stereocenters. The Labute approximate surface area is 178 Å². The van der Waals surface area contributed by atoms with Crippen LogP contribution in [0.4, 0.5) is 23.7 Å². The fourth-order valence-corrected chi connectivity index (χ4v) is 3.67. The van der Waals surface area contributed by atoms with E-state index in [9.17, 15) is 22.8 Å². The first-order chi connectivity index (χ1) is 14.6. The number of anilines is 1. The fraction of sp³-hybridized carbons (Fsp3) is 0.364. The van der Waals surface area contributed by atoms with Gasteiger partial charge in [-0.05, 0) is 36.8 Å². The summed E-state index contributed by atoms with van der Waals surface area (Å²) in [7, 11) is 0. The standard InChI is InChI=1S/C22H24F3N3O3/c1-15-11-16(13-17(12-15)22(23,24)25)19(31-21(26)30)14-20(29)28-9-7-27(8-10-28)18-5-3-2-4-6-18/h2-6,11-13,19H,7-10,14H2,1H3,(H2,26,30). The Morgan fingerprint density at radius 3 is 2.29 bits per heavy atom. The van der Waals surface area contributed by atoms with Crippen molar-refractivity contribution >= 4 is 17.7 Å². The maximum Gasteiger partial charge on any atom is 0.416 e. The lowest BCUT2D eigenvalue weighted by Gasteiger charge is -2.36. The van der Waals surface area contributed by atoms with Crippen molar-refractivity contribution < 1.29 is 27.5 Å². The molecule has 0 spiro atoms. The monoisotopic (exact) mass is 435 g/mol. The van der Waals surface area contributed by atoms with Crippen molar-refractivity contribution in [3.63, 3.8) is 0 Å². The van der Waals surface area contributed by atoms with Crippen molar-refractivity contribution in [3.05, 3.63) is 65.2 Å². The van der Waals surface area contributed by atoms with Crippen LogP contribution < -0.4 is 10.6 Å². The van der Waals surface area contributed by atoms with Crippen molar-refractivity contribution in [1.29, 1.82) is 0 Å². The summed E-state index contributed by atoms with van der Waals surface area (Å²) in [5, 5.41) is 0. The quantitative estimate of drug-likeness (QED) is 0.773. The molecule has 2 aromatic carbocycles. The van der Waals surface area contributed by atoms with Gasteiger partial charge in [-0.15, -0.1) is 0 Å². The van der Waals surface area contributed by atoms with Crippen LogP contribution in [-0.4, -0.2) is 43.1 Å². The number of nitrogens with two attached hydrogens (primary N) is 1. The molecular formula is C22H24F3N3O3. The maximum atomic E-state index is 13.2. The number of carbonyl (C=O) groups excluding carboxylic acids is 2. The van der Waals surface area contributed by atoms with Crippen molar-refractivity contribution in [1.82, 2.24) is 4.90 Å². The second-order valence-electron chi connectivity index (χ2n) is 7.46. The van der Waals surface area contributed by atoms with Crippen molar-refractivity contribution in [2.75, 3.05) is 31.1 Å². The lowest BCUT2D eigenvalue weighted by molar-refractivity contribution is -0.137. The molecule has 1 aliphatic rings. The van der Waals surface area contributed by atoms with E-state index in [1.54, 1.807) is 4.90 Å². The molecular weight excluding hydrogens is 411 g/mol. The number of rotatable bonds is 5. The topological polar surface area (TPSA) is 75.9 Å². The van der Waals surface area contributed by atoms with Gasteiger partial charge in [-0.2, -0.15) is 13.2 Å². The summed E-state index contributed by atoms with van der Waals surface area (Å²) < 4.78 is 44.6. The normalized spacial score (nSPS) is 15.5. The van der Waals surface area contributed by atoms with Crippen LogP contribution in [0.15, 0.2) is 48.5 Å². The number of nitrogens with zero attached hydrogens (tertiary/aromatic N) is 2. The Kier molecular flexibility index (Phi) is 6.72. The van der Waals surface area contributed by atoms with Crippen LogP contribution in [0.3, 0.4) is 0 Å². The van der Waals surface area contributed by atoms with E-state index in [1.807, 2.05) is 30.3 Å². The van der Waals surface area contributed by atoms with Crippen LogP contribution in [0.1, 0.15) is 29.2 Å². The lowest BCUT2D eigenvalue weighted by atomic mass is 9.99. The molecule has 0 bridgehead atoms. The van der Waals surface area contributed by atoms with Gasteiger partial charge in [0.25, 0.3) is 0 Å². The maximum absolute atomic E-state index is 13.2. The number of alkyl halides is 3. The third-order valence-corrected chi connectivity index (χ3v) is 5.17. The SMILES string of the molecule is Cc1cc(C(CC(=O)N2CCN(c3ccccc3)CC2)OC(N)=O)cc(C(F)(F)F)c1. The third-order valence-electron chi connectivity index (χ3n) is 5.17. The highest BCUT2D eigenvalue weighted by atomic mass is 19.4. The summed E-state index contributed by atoms with van der Waals surface area (Å²) in [6, 6.07) is 13.1. The van der Waals surface area contributed by atoms with Crippen LogP contribution in [0.5, 0.6) is 0 Å². The molecule has 0 aliphatic carbocycles. The third kappa shape index (κ3) is 5.90. The van der Waals surface area contributed by atoms with E-state index < -0.39 is 23.9 Å². The molecule has 2 amide bonds. The van der Waals surface area contributed by atoms with Gasteiger partial charge in [0.05, 0.1) is 12.0 Å². The number of amides is 2. The summed E-state index contributed by atoms with van der Waals surface area (Å²) in [4.78, 5) is 28.0. The van der Waals surface area contributed by atoms with E-state index in [4.69, 9.17) is 10.5 Å². The molecule has 6 nitrogen and oxygen atoms in total. The van der Waals surface area contributed by atoms with E-state index in [0.717, 1.165) is 17.8 Å². The fourth-order valence-electron chi connectivity index (χ4n) is 3.67. The average molecular weight is 435 g/mol. The lowest BCUT2D eigenvalue weighted by Crippen LogP contribution is -2.49. The molecule has 0 saturated carbocycles. The smallest absolute Gasteiger partial charge is 0.416 e. The molecule has 1 aliphatic heterocycles. The van der Waals surface area contributed by atoms with Gasteiger partial charge >= 0.3 is 12.3 Å². The van der Waals surface area contributed by atoms with Gasteiger partial charge in [-0.25, -0.2) is 4.79 Å². The van der Waals surface area contributed by atoms with E-state index in [2.05, 4.69) is 4.90 Å². The van der Waals surface area contributed by atoms with E-state index in [1.165, 1.54) is 13.0 Å². The molecule has 9 heteroatoms. The minimum Gasteiger partial charge on any atom is -0.441 e. The number of aryl methyl sites for hydroxylation is 1. The summed E-state index contributed by atoms with van der Waals surface area (Å²) >= 11 is 0. The second kappa shape index (κ2) is 9.28. The summed E-state index contributed by atoms with van der Waals surface area (Å²) in [5.41, 5.74) is 5.73. The highest BCUT2D eigenvalue weighted by Crippen LogP contribution is 2.33. The Bertz CT molecular complexity index is 927. The summed E-state index contributed by atoms with van der Waals surface area (Å²) in [6.07, 6.45) is -7.19. The zero-order valence-electron chi connectivity index (χ0n) is 17.1. The second-order valence-corrected chi connectivity index (χ2v) is 7.46. The Morgan fingerprint density at radius 1 is 1.06 bits per heavy atom. The van der Waals surface area contributed by atoms with Gasteiger partial charge in [0.1, 0.15) is 6.10 Å². The number of hydrogen-bond acceptors (Lipinski definition) is 4. The Balaban J connectivity index is 1.71. The zero-order valence-corrected chi connectivity index (χ0v) is 17.1.